The van der Waals surface area contributed by atoms with Crippen LogP contribution in [0.2, 0.25) is 0 Å². The summed E-state index contributed by atoms with van der Waals surface area (Å²) in [5, 5.41) is 7.33. The van der Waals surface area contributed by atoms with Crippen LogP contribution in [0.4, 0.5) is 0 Å². The molecule has 1 nitrogen and oxygen atoms in total. The molecule has 150 valence electrons. The molecular weight excluding hydrogens is 413 g/mol. The molecule has 0 saturated carbocycles. The highest BCUT2D eigenvalue weighted by Gasteiger charge is 2.49. The molecule has 0 amide bonds. The minimum atomic E-state index is -2.12. The highest BCUT2D eigenvalue weighted by molar-refractivity contribution is 8.01. The predicted molar refractivity (Wildman–Crippen MR) is 137 cm³/mol. The van der Waals surface area contributed by atoms with Crippen molar-refractivity contribution in [2.75, 3.05) is 0 Å². The van der Waals surface area contributed by atoms with Gasteiger partial charge in [0.1, 0.15) is 20.9 Å². The van der Waals surface area contributed by atoms with E-state index in [1.54, 1.807) is 11.3 Å². The molecule has 3 heteroatoms. The van der Waals surface area contributed by atoms with Crippen molar-refractivity contribution in [2.45, 2.75) is 6.92 Å². The topological polar surface area (TPSA) is 12.9 Å². The van der Waals surface area contributed by atoms with Crippen LogP contribution in [0.3, 0.4) is 0 Å². The molecule has 1 heterocycles. The quantitative estimate of drug-likeness (QED) is 0.320. The van der Waals surface area contributed by atoms with E-state index in [0.717, 1.165) is 10.4 Å². The van der Waals surface area contributed by atoms with Gasteiger partial charge in [-0.05, 0) is 43.3 Å². The van der Waals surface area contributed by atoms with Crippen LogP contribution >= 0.6 is 18.6 Å². The first-order valence-corrected chi connectivity index (χ1v) is 13.0. The molecule has 31 heavy (non-hydrogen) atoms. The molecule has 0 N–H and O–H groups in total. The second-order valence-corrected chi connectivity index (χ2v) is 11.8. The van der Waals surface area contributed by atoms with Crippen molar-refractivity contribution < 1.29 is 0 Å². The van der Waals surface area contributed by atoms with E-state index in [4.69, 9.17) is 4.98 Å². The van der Waals surface area contributed by atoms with Crippen LogP contribution in [0, 0.1) is 6.92 Å². The molecule has 1 aromatic heterocycles. The summed E-state index contributed by atoms with van der Waals surface area (Å²) in [6, 6.07) is 41.4. The van der Waals surface area contributed by atoms with Gasteiger partial charge in [0.15, 0.2) is 7.26 Å². The van der Waals surface area contributed by atoms with E-state index in [9.17, 15) is 0 Å². The molecule has 0 unspecified atom stereocenters. The molecule has 0 spiro atoms. The Morgan fingerprint density at radius 1 is 0.581 bits per heavy atom. The fourth-order valence-electron chi connectivity index (χ4n) is 4.05. The van der Waals surface area contributed by atoms with Crippen LogP contribution in [0.1, 0.15) is 5.56 Å². The first kappa shape index (κ1) is 19.9. The lowest BCUT2D eigenvalue weighted by molar-refractivity contribution is 1.43. The van der Waals surface area contributed by atoms with Gasteiger partial charge in [-0.25, -0.2) is 4.98 Å². The fourth-order valence-corrected chi connectivity index (χ4v) is 9.39. The Kier molecular flexibility index (Phi) is 5.51. The van der Waals surface area contributed by atoms with Crippen LogP contribution in [-0.4, -0.2) is 4.98 Å². The Bertz CT molecular complexity index is 1170. The van der Waals surface area contributed by atoms with Gasteiger partial charge in [0.25, 0.3) is 0 Å². The maximum absolute atomic E-state index is 5.28. The third-order valence-electron chi connectivity index (χ3n) is 5.56. The molecule has 4 aromatic carbocycles. The second kappa shape index (κ2) is 8.59. The van der Waals surface area contributed by atoms with Crippen molar-refractivity contribution in [3.63, 3.8) is 0 Å². The summed E-state index contributed by atoms with van der Waals surface area (Å²) in [6.07, 6.45) is 0. The number of rotatable bonds is 5. The first-order valence-electron chi connectivity index (χ1n) is 10.4. The molecule has 5 aromatic rings. The lowest BCUT2D eigenvalue weighted by Crippen LogP contribution is -2.39. The monoisotopic (exact) mass is 436 g/mol. The maximum atomic E-state index is 5.28. The van der Waals surface area contributed by atoms with E-state index >= 15 is 0 Å². The average Bonchev–Trinajstić information content (AvgIpc) is 3.33. The highest BCUT2D eigenvalue weighted by Crippen LogP contribution is 2.54. The van der Waals surface area contributed by atoms with E-state index in [2.05, 4.69) is 128 Å². The Labute approximate surface area is 188 Å². The SMILES string of the molecule is Cc1ccc(-c2nc([P+](c3ccccc3)(c3ccccc3)c3ccccc3)cs2)cc1. The molecule has 0 radical (unpaired) electrons. The Morgan fingerprint density at radius 3 is 1.48 bits per heavy atom. The summed E-state index contributed by atoms with van der Waals surface area (Å²) in [6.45, 7) is 2.12. The third kappa shape index (κ3) is 3.63. The number of nitrogens with zero attached hydrogens (tertiary/aromatic N) is 1. The minimum Gasteiger partial charge on any atom is -0.201 e. The van der Waals surface area contributed by atoms with Gasteiger partial charge in [0, 0.05) is 5.56 Å². The lowest BCUT2D eigenvalue weighted by Gasteiger charge is -2.25. The van der Waals surface area contributed by atoms with Gasteiger partial charge >= 0.3 is 0 Å². The van der Waals surface area contributed by atoms with E-state index in [1.165, 1.54) is 27.0 Å². The minimum absolute atomic E-state index is 1.07. The van der Waals surface area contributed by atoms with Crippen LogP contribution in [0.25, 0.3) is 10.6 Å². The van der Waals surface area contributed by atoms with Crippen LogP contribution < -0.4 is 21.3 Å². The second-order valence-electron chi connectivity index (χ2n) is 7.55. The number of hydrogen-bond donors (Lipinski definition) is 0. The zero-order chi connectivity index (χ0) is 21.1. The van der Waals surface area contributed by atoms with Crippen molar-refractivity contribution in [1.29, 1.82) is 0 Å². The van der Waals surface area contributed by atoms with Crippen molar-refractivity contribution in [3.8, 4) is 10.6 Å². The zero-order valence-corrected chi connectivity index (χ0v) is 19.1. The van der Waals surface area contributed by atoms with Crippen LogP contribution in [-0.2, 0) is 0 Å². The summed E-state index contributed by atoms with van der Waals surface area (Å²) in [5.74, 6) is 0. The maximum Gasteiger partial charge on any atom is 0.209 e. The van der Waals surface area contributed by atoms with Crippen molar-refractivity contribution in [3.05, 3.63) is 126 Å². The average molecular weight is 437 g/mol. The van der Waals surface area contributed by atoms with Gasteiger partial charge < -0.3 is 0 Å². The molecule has 0 aliphatic heterocycles. The van der Waals surface area contributed by atoms with Gasteiger partial charge in [-0.15, -0.1) is 11.3 Å². The molecule has 0 aliphatic rings. The molecular formula is C28H23NPS+. The van der Waals surface area contributed by atoms with Gasteiger partial charge in [0.05, 0.1) is 5.38 Å². The van der Waals surface area contributed by atoms with Crippen molar-refractivity contribution >= 4 is 39.9 Å². The molecule has 0 saturated heterocycles. The third-order valence-corrected chi connectivity index (χ3v) is 10.8. The number of aryl methyl sites for hydroxylation is 1. The van der Waals surface area contributed by atoms with Gasteiger partial charge in [0.2, 0.25) is 5.44 Å². The zero-order valence-electron chi connectivity index (χ0n) is 17.3. The van der Waals surface area contributed by atoms with Crippen molar-refractivity contribution in [1.82, 2.24) is 4.98 Å². The summed E-state index contributed by atoms with van der Waals surface area (Å²) in [5.41, 5.74) is 3.60. The van der Waals surface area contributed by atoms with Crippen molar-refractivity contribution in [2.24, 2.45) is 0 Å². The van der Waals surface area contributed by atoms with Crippen LogP contribution in [0.15, 0.2) is 121 Å². The Morgan fingerprint density at radius 2 is 1.03 bits per heavy atom. The molecule has 0 aliphatic carbocycles. The van der Waals surface area contributed by atoms with Gasteiger partial charge in [-0.1, -0.05) is 84.4 Å². The summed E-state index contributed by atoms with van der Waals surface area (Å²) >= 11 is 1.74. The molecule has 0 bridgehead atoms. The van der Waals surface area contributed by atoms with E-state index in [1.807, 2.05) is 0 Å². The normalized spacial score (nSPS) is 11.4. The molecule has 0 fully saturated rings. The summed E-state index contributed by atoms with van der Waals surface area (Å²) in [7, 11) is -2.12. The summed E-state index contributed by atoms with van der Waals surface area (Å²) in [4.78, 5) is 5.28. The van der Waals surface area contributed by atoms with E-state index in [0.29, 0.717) is 0 Å². The Balaban J connectivity index is 1.80. The smallest absolute Gasteiger partial charge is 0.201 e. The van der Waals surface area contributed by atoms with Crippen LogP contribution in [0.5, 0.6) is 0 Å². The number of hydrogen-bond acceptors (Lipinski definition) is 2. The number of benzene rings is 4. The van der Waals surface area contributed by atoms with E-state index in [-0.39, 0.29) is 0 Å². The lowest BCUT2D eigenvalue weighted by atomic mass is 10.2. The van der Waals surface area contributed by atoms with E-state index < -0.39 is 7.26 Å². The number of thiazole rings is 1. The molecule has 0 atom stereocenters. The number of aromatic nitrogens is 1. The van der Waals surface area contributed by atoms with Gasteiger partial charge in [-0.2, -0.15) is 0 Å². The predicted octanol–water partition coefficient (Wildman–Crippen LogP) is 5.74. The fraction of sp³-hybridized carbons (Fsp3) is 0.0357. The highest BCUT2D eigenvalue weighted by atomic mass is 32.1. The Hall–Kier alpha value is -3.06. The molecule has 5 rings (SSSR count). The first-order chi connectivity index (χ1) is 15.3. The largest absolute Gasteiger partial charge is 0.209 e. The standard InChI is InChI=1S/C28H23NPS/c1-22-17-19-23(20-18-22)28-29-27(21-31-28)30(24-11-5-2-6-12-24,25-13-7-3-8-14-25)26-15-9-4-10-16-26/h2-21H,1H3/q+1. The van der Waals surface area contributed by atoms with Gasteiger partial charge in [-0.3, -0.25) is 0 Å². The summed E-state index contributed by atoms with van der Waals surface area (Å²) < 4.78 is 0.